The predicted molar refractivity (Wildman–Crippen MR) is 106 cm³/mol. The molecule has 0 spiro atoms. The van der Waals surface area contributed by atoms with E-state index >= 15 is 0 Å². The van der Waals surface area contributed by atoms with Crippen molar-refractivity contribution in [2.24, 2.45) is 0 Å². The van der Waals surface area contributed by atoms with E-state index in [2.05, 4.69) is 0 Å². The lowest BCUT2D eigenvalue weighted by Crippen LogP contribution is -2.12. The van der Waals surface area contributed by atoms with Gasteiger partial charge in [-0.05, 0) is 48.4 Å². The lowest BCUT2D eigenvalue weighted by molar-refractivity contribution is 0.0921. The molecule has 0 saturated carbocycles. The van der Waals surface area contributed by atoms with Gasteiger partial charge in [-0.3, -0.25) is 4.79 Å². The van der Waals surface area contributed by atoms with Gasteiger partial charge in [0.05, 0.1) is 0 Å². The van der Waals surface area contributed by atoms with Gasteiger partial charge in [-0.25, -0.2) is 4.79 Å². The van der Waals surface area contributed by atoms with Crippen molar-refractivity contribution in [1.82, 2.24) is 0 Å². The van der Waals surface area contributed by atoms with Gasteiger partial charge in [-0.2, -0.15) is 0 Å². The summed E-state index contributed by atoms with van der Waals surface area (Å²) in [5.74, 6) is 0.427. The second-order valence-electron chi connectivity index (χ2n) is 6.59. The summed E-state index contributed by atoms with van der Waals surface area (Å²) in [4.78, 5) is 24.2. The fraction of sp³-hybridized carbons (Fsp3) is 0.130. The van der Waals surface area contributed by atoms with Gasteiger partial charge in [0, 0.05) is 22.6 Å². The molecule has 0 bridgehead atoms. The van der Waals surface area contributed by atoms with Crippen molar-refractivity contribution in [1.29, 1.82) is 0 Å². The van der Waals surface area contributed by atoms with Gasteiger partial charge in [0.1, 0.15) is 11.3 Å². The smallest absolute Gasteiger partial charge is 0.336 e. The Balaban J connectivity index is 1.59. The Hall–Kier alpha value is -3.40. The lowest BCUT2D eigenvalue weighted by atomic mass is 10.0. The molecule has 0 aliphatic heterocycles. The molecular formula is C23H18O4. The molecule has 0 unspecified atom stereocenters. The Kier molecular flexibility index (Phi) is 4.24. The summed E-state index contributed by atoms with van der Waals surface area (Å²) in [6.45, 7) is 3.60. The summed E-state index contributed by atoms with van der Waals surface area (Å²) in [7, 11) is 0. The third-order valence-electron chi connectivity index (χ3n) is 4.75. The first-order valence-corrected chi connectivity index (χ1v) is 8.72. The number of rotatable bonds is 4. The zero-order valence-corrected chi connectivity index (χ0v) is 15.1. The van der Waals surface area contributed by atoms with Gasteiger partial charge < -0.3 is 9.15 Å². The maximum absolute atomic E-state index is 12.5. The highest BCUT2D eigenvalue weighted by Gasteiger charge is 2.13. The molecule has 4 aromatic rings. The van der Waals surface area contributed by atoms with Crippen molar-refractivity contribution >= 4 is 27.5 Å². The Labute approximate surface area is 156 Å². The van der Waals surface area contributed by atoms with E-state index in [1.54, 1.807) is 6.07 Å². The molecule has 1 aromatic heterocycles. The lowest BCUT2D eigenvalue weighted by Gasteiger charge is -2.11. The molecule has 0 aliphatic carbocycles. The second-order valence-corrected chi connectivity index (χ2v) is 6.59. The van der Waals surface area contributed by atoms with Crippen LogP contribution in [0.4, 0.5) is 0 Å². The highest BCUT2D eigenvalue weighted by molar-refractivity contribution is 6.01. The molecule has 0 radical (unpaired) electrons. The number of carbonyl (C=O) groups excluding carboxylic acids is 1. The predicted octanol–water partition coefficient (Wildman–Crippen LogP) is 4.82. The standard InChI is InChI=1S/C23H18O4/c1-14-11-22(25)27-23-15(2)21(10-9-19(14)23)26-13-20(24)18-8-7-16-5-3-4-6-17(16)12-18/h3-12H,13H2,1-2H3. The summed E-state index contributed by atoms with van der Waals surface area (Å²) in [5, 5.41) is 2.97. The third-order valence-corrected chi connectivity index (χ3v) is 4.75. The van der Waals surface area contributed by atoms with Crippen LogP contribution in [0.2, 0.25) is 0 Å². The van der Waals surface area contributed by atoms with Gasteiger partial charge in [-0.15, -0.1) is 0 Å². The number of ether oxygens (including phenoxy) is 1. The molecule has 0 atom stereocenters. The Morgan fingerprint density at radius 3 is 2.56 bits per heavy atom. The zero-order chi connectivity index (χ0) is 19.0. The highest BCUT2D eigenvalue weighted by atomic mass is 16.5. The first-order valence-electron chi connectivity index (χ1n) is 8.72. The average Bonchev–Trinajstić information content (AvgIpc) is 2.67. The molecule has 3 aromatic carbocycles. The van der Waals surface area contributed by atoms with Crippen molar-refractivity contribution in [3.05, 3.63) is 87.8 Å². The quantitative estimate of drug-likeness (QED) is 0.387. The molecular weight excluding hydrogens is 340 g/mol. The number of hydrogen-bond donors (Lipinski definition) is 0. The van der Waals surface area contributed by atoms with E-state index < -0.39 is 5.63 Å². The van der Waals surface area contributed by atoms with Gasteiger partial charge >= 0.3 is 5.63 Å². The van der Waals surface area contributed by atoms with Crippen LogP contribution in [0.15, 0.2) is 69.9 Å². The van der Waals surface area contributed by atoms with E-state index in [-0.39, 0.29) is 12.4 Å². The molecule has 4 nitrogen and oxygen atoms in total. The van der Waals surface area contributed by atoms with Gasteiger partial charge in [0.2, 0.25) is 0 Å². The number of hydrogen-bond acceptors (Lipinski definition) is 4. The first-order chi connectivity index (χ1) is 13.0. The molecule has 4 heteroatoms. The topological polar surface area (TPSA) is 56.5 Å². The SMILES string of the molecule is Cc1cc(=O)oc2c(C)c(OCC(=O)c3ccc4ccccc4c3)ccc12. The summed E-state index contributed by atoms with van der Waals surface area (Å²) < 4.78 is 11.1. The van der Waals surface area contributed by atoms with Gasteiger partial charge in [0.15, 0.2) is 12.4 Å². The van der Waals surface area contributed by atoms with Crippen LogP contribution in [0.3, 0.4) is 0 Å². The summed E-state index contributed by atoms with van der Waals surface area (Å²) in [5.41, 5.74) is 2.26. The normalized spacial score (nSPS) is 11.0. The monoisotopic (exact) mass is 358 g/mol. The molecule has 4 rings (SSSR count). The van der Waals surface area contributed by atoms with Crippen LogP contribution < -0.4 is 10.4 Å². The van der Waals surface area contributed by atoms with E-state index in [9.17, 15) is 9.59 Å². The van der Waals surface area contributed by atoms with Crippen LogP contribution in [0.25, 0.3) is 21.7 Å². The van der Waals surface area contributed by atoms with Crippen molar-refractivity contribution in [2.75, 3.05) is 6.61 Å². The summed E-state index contributed by atoms with van der Waals surface area (Å²) >= 11 is 0. The van der Waals surface area contributed by atoms with Crippen molar-refractivity contribution < 1.29 is 13.9 Å². The molecule has 0 amide bonds. The molecule has 0 fully saturated rings. The summed E-state index contributed by atoms with van der Waals surface area (Å²) in [6, 6.07) is 18.6. The Morgan fingerprint density at radius 2 is 1.74 bits per heavy atom. The zero-order valence-electron chi connectivity index (χ0n) is 15.1. The molecule has 27 heavy (non-hydrogen) atoms. The minimum atomic E-state index is -0.396. The van der Waals surface area contributed by atoms with Crippen LogP contribution in [0.5, 0.6) is 5.75 Å². The van der Waals surface area contributed by atoms with E-state index in [1.807, 2.05) is 62.4 Å². The molecule has 1 heterocycles. The van der Waals surface area contributed by atoms with E-state index in [0.29, 0.717) is 22.5 Å². The Morgan fingerprint density at radius 1 is 0.963 bits per heavy atom. The van der Waals surface area contributed by atoms with Crippen molar-refractivity contribution in [3.8, 4) is 5.75 Å². The third kappa shape index (κ3) is 3.22. The van der Waals surface area contributed by atoms with Crippen LogP contribution in [0.1, 0.15) is 21.5 Å². The Bertz CT molecular complexity index is 1230. The number of Topliss-reactive ketones (excluding diaryl/α,β-unsaturated/α-hetero) is 1. The maximum Gasteiger partial charge on any atom is 0.336 e. The minimum absolute atomic E-state index is 0.0826. The molecule has 0 aliphatic rings. The number of benzene rings is 3. The number of carbonyl (C=O) groups is 1. The number of ketones is 1. The van der Waals surface area contributed by atoms with Crippen LogP contribution in [0, 0.1) is 13.8 Å². The maximum atomic E-state index is 12.5. The van der Waals surface area contributed by atoms with Crippen molar-refractivity contribution in [2.45, 2.75) is 13.8 Å². The van der Waals surface area contributed by atoms with Crippen LogP contribution in [-0.4, -0.2) is 12.4 Å². The first kappa shape index (κ1) is 17.0. The minimum Gasteiger partial charge on any atom is -0.485 e. The van der Waals surface area contributed by atoms with Crippen LogP contribution in [-0.2, 0) is 0 Å². The fourth-order valence-corrected chi connectivity index (χ4v) is 3.25. The number of fused-ring (bicyclic) bond motifs is 2. The van der Waals surface area contributed by atoms with Gasteiger partial charge in [-0.1, -0.05) is 36.4 Å². The second kappa shape index (κ2) is 6.72. The molecule has 134 valence electrons. The largest absolute Gasteiger partial charge is 0.485 e. The summed E-state index contributed by atoms with van der Waals surface area (Å²) in [6.07, 6.45) is 0. The van der Waals surface area contributed by atoms with Crippen molar-refractivity contribution in [3.63, 3.8) is 0 Å². The fourth-order valence-electron chi connectivity index (χ4n) is 3.25. The van der Waals surface area contributed by atoms with Crippen LogP contribution >= 0.6 is 0 Å². The highest BCUT2D eigenvalue weighted by Crippen LogP contribution is 2.28. The van der Waals surface area contributed by atoms with E-state index in [0.717, 1.165) is 21.7 Å². The van der Waals surface area contributed by atoms with E-state index in [1.165, 1.54) is 6.07 Å². The average molecular weight is 358 g/mol. The van der Waals surface area contributed by atoms with Gasteiger partial charge in [0.25, 0.3) is 0 Å². The number of aryl methyl sites for hydroxylation is 2. The van der Waals surface area contributed by atoms with E-state index in [4.69, 9.17) is 9.15 Å². The molecule has 0 N–H and O–H groups in total. The molecule has 0 saturated heterocycles.